The van der Waals surface area contributed by atoms with Gasteiger partial charge in [0.1, 0.15) is 0 Å². The molecule has 96 valence electrons. The van der Waals surface area contributed by atoms with Crippen molar-refractivity contribution < 1.29 is 19.0 Å². The van der Waals surface area contributed by atoms with Crippen molar-refractivity contribution in [3.8, 4) is 5.75 Å². The molecular formula is C13H14FNO3. The van der Waals surface area contributed by atoms with Crippen molar-refractivity contribution in [3.63, 3.8) is 0 Å². The number of ether oxygens (including phenoxy) is 1. The Morgan fingerprint density at radius 2 is 2.22 bits per heavy atom. The zero-order valence-corrected chi connectivity index (χ0v) is 10.2. The highest BCUT2D eigenvalue weighted by atomic mass is 19.1. The summed E-state index contributed by atoms with van der Waals surface area (Å²) < 4.78 is 18.5. The molecule has 0 spiro atoms. The molecule has 0 saturated heterocycles. The highest BCUT2D eigenvalue weighted by Crippen LogP contribution is 2.29. The van der Waals surface area contributed by atoms with Gasteiger partial charge in [-0.05, 0) is 18.1 Å². The number of aromatic nitrogens is 1. The zero-order valence-electron chi connectivity index (χ0n) is 10.2. The number of hydrogen-bond donors (Lipinski definition) is 2. The largest absolute Gasteiger partial charge is 0.494 e. The average molecular weight is 251 g/mol. The molecule has 18 heavy (non-hydrogen) atoms. The molecule has 0 aliphatic carbocycles. The Bertz CT molecular complexity index is 604. The van der Waals surface area contributed by atoms with Gasteiger partial charge in [-0.1, -0.05) is 6.92 Å². The SMILES string of the molecule is CCc1[nH]c2cc(F)c(OC)cc2c1CC(=O)O. The van der Waals surface area contributed by atoms with Gasteiger partial charge in [0.05, 0.1) is 13.5 Å². The van der Waals surface area contributed by atoms with Crippen LogP contribution in [0.15, 0.2) is 12.1 Å². The standard InChI is InChI=1S/C13H14FNO3/c1-3-10-8(5-13(16)17)7-4-12(18-2)9(14)6-11(7)15-10/h4,6,15H,3,5H2,1-2H3,(H,16,17). The predicted octanol–water partition coefficient (Wildman–Crippen LogP) is 2.51. The smallest absolute Gasteiger partial charge is 0.307 e. The van der Waals surface area contributed by atoms with Gasteiger partial charge in [0.25, 0.3) is 0 Å². The minimum absolute atomic E-state index is 0.0854. The Morgan fingerprint density at radius 1 is 1.50 bits per heavy atom. The summed E-state index contributed by atoms with van der Waals surface area (Å²) in [5, 5.41) is 9.63. The zero-order chi connectivity index (χ0) is 13.3. The van der Waals surface area contributed by atoms with E-state index < -0.39 is 11.8 Å². The van der Waals surface area contributed by atoms with Crippen LogP contribution >= 0.6 is 0 Å². The summed E-state index contributed by atoms with van der Waals surface area (Å²) in [4.78, 5) is 13.9. The molecule has 0 fully saturated rings. The number of hydrogen-bond acceptors (Lipinski definition) is 2. The Kier molecular flexibility index (Phi) is 3.23. The number of methoxy groups -OCH3 is 1. The van der Waals surface area contributed by atoms with Crippen LogP contribution in [0.2, 0.25) is 0 Å². The van der Waals surface area contributed by atoms with Crippen molar-refractivity contribution >= 4 is 16.9 Å². The van der Waals surface area contributed by atoms with E-state index >= 15 is 0 Å². The molecular weight excluding hydrogens is 237 g/mol. The molecule has 0 aliphatic rings. The first kappa shape index (κ1) is 12.4. The van der Waals surface area contributed by atoms with Crippen molar-refractivity contribution in [2.45, 2.75) is 19.8 Å². The summed E-state index contributed by atoms with van der Waals surface area (Å²) in [6, 6.07) is 2.87. The summed E-state index contributed by atoms with van der Waals surface area (Å²) in [7, 11) is 1.38. The van der Waals surface area contributed by atoms with Crippen molar-refractivity contribution in [1.29, 1.82) is 0 Å². The lowest BCUT2D eigenvalue weighted by Gasteiger charge is -2.03. The maximum Gasteiger partial charge on any atom is 0.307 e. The number of fused-ring (bicyclic) bond motifs is 1. The summed E-state index contributed by atoms with van der Waals surface area (Å²) >= 11 is 0. The van der Waals surface area contributed by atoms with Crippen molar-refractivity contribution in [1.82, 2.24) is 4.98 Å². The van der Waals surface area contributed by atoms with Crippen LogP contribution in [0.4, 0.5) is 4.39 Å². The van der Waals surface area contributed by atoms with Crippen molar-refractivity contribution in [2.75, 3.05) is 7.11 Å². The number of carboxylic acid groups (broad SMARTS) is 1. The van der Waals surface area contributed by atoms with E-state index in [0.29, 0.717) is 22.9 Å². The second-order valence-electron chi connectivity index (χ2n) is 4.04. The van der Waals surface area contributed by atoms with Gasteiger partial charge in [-0.15, -0.1) is 0 Å². The lowest BCUT2D eigenvalue weighted by molar-refractivity contribution is -0.136. The fourth-order valence-electron chi connectivity index (χ4n) is 2.12. The first-order valence-electron chi connectivity index (χ1n) is 5.65. The molecule has 1 heterocycles. The lowest BCUT2D eigenvalue weighted by atomic mass is 10.1. The second kappa shape index (κ2) is 4.68. The Balaban J connectivity index is 2.68. The Labute approximate surface area is 103 Å². The topological polar surface area (TPSA) is 62.3 Å². The van der Waals surface area contributed by atoms with Gasteiger partial charge in [0, 0.05) is 22.7 Å². The molecule has 4 nitrogen and oxygen atoms in total. The quantitative estimate of drug-likeness (QED) is 0.877. The maximum atomic E-state index is 13.6. The average Bonchev–Trinajstić information content (AvgIpc) is 2.64. The van der Waals surface area contributed by atoms with Crippen molar-refractivity contribution in [2.24, 2.45) is 0 Å². The Morgan fingerprint density at radius 3 is 2.78 bits per heavy atom. The number of nitrogens with one attached hydrogen (secondary N) is 1. The predicted molar refractivity (Wildman–Crippen MR) is 65.5 cm³/mol. The third kappa shape index (κ3) is 2.03. The number of halogens is 1. The molecule has 2 rings (SSSR count). The molecule has 0 saturated carbocycles. The third-order valence-corrected chi connectivity index (χ3v) is 2.95. The van der Waals surface area contributed by atoms with Gasteiger partial charge in [0.15, 0.2) is 11.6 Å². The minimum Gasteiger partial charge on any atom is -0.494 e. The number of aromatic amines is 1. The molecule has 1 aromatic carbocycles. The second-order valence-corrected chi connectivity index (χ2v) is 4.04. The molecule has 0 amide bonds. The van der Waals surface area contributed by atoms with Crippen LogP contribution in [-0.2, 0) is 17.6 Å². The fourth-order valence-corrected chi connectivity index (χ4v) is 2.12. The lowest BCUT2D eigenvalue weighted by Crippen LogP contribution is -2.02. The fraction of sp³-hybridized carbons (Fsp3) is 0.308. The first-order valence-corrected chi connectivity index (χ1v) is 5.65. The van der Waals surface area contributed by atoms with E-state index in [-0.39, 0.29) is 12.2 Å². The molecule has 0 bridgehead atoms. The Hall–Kier alpha value is -2.04. The van der Waals surface area contributed by atoms with E-state index in [9.17, 15) is 9.18 Å². The van der Waals surface area contributed by atoms with Gasteiger partial charge in [-0.25, -0.2) is 4.39 Å². The first-order chi connectivity index (χ1) is 8.56. The molecule has 2 N–H and O–H groups in total. The van der Waals surface area contributed by atoms with E-state index in [1.807, 2.05) is 6.92 Å². The number of carboxylic acids is 1. The summed E-state index contributed by atoms with van der Waals surface area (Å²) in [5.41, 5.74) is 2.11. The van der Waals surface area contributed by atoms with Gasteiger partial charge in [0.2, 0.25) is 0 Å². The van der Waals surface area contributed by atoms with Gasteiger partial charge in [-0.3, -0.25) is 4.79 Å². The van der Waals surface area contributed by atoms with Crippen LogP contribution in [0, 0.1) is 5.82 Å². The third-order valence-electron chi connectivity index (χ3n) is 2.95. The number of carbonyl (C=O) groups is 1. The minimum atomic E-state index is -0.908. The number of aryl methyl sites for hydroxylation is 1. The van der Waals surface area contributed by atoms with E-state index in [1.54, 1.807) is 6.07 Å². The van der Waals surface area contributed by atoms with E-state index in [4.69, 9.17) is 9.84 Å². The molecule has 0 radical (unpaired) electrons. The van der Waals surface area contributed by atoms with Crippen LogP contribution in [0.5, 0.6) is 5.75 Å². The van der Waals surface area contributed by atoms with Crippen molar-refractivity contribution in [3.05, 3.63) is 29.2 Å². The molecule has 1 aromatic heterocycles. The van der Waals surface area contributed by atoms with Crippen LogP contribution in [0.1, 0.15) is 18.2 Å². The van der Waals surface area contributed by atoms with Crippen LogP contribution < -0.4 is 4.74 Å². The molecule has 5 heteroatoms. The molecule has 2 aromatic rings. The molecule has 0 atom stereocenters. The van der Waals surface area contributed by atoms with E-state index in [0.717, 1.165) is 5.69 Å². The molecule has 0 unspecified atom stereocenters. The highest BCUT2D eigenvalue weighted by molar-refractivity contribution is 5.89. The monoisotopic (exact) mass is 251 g/mol. The van der Waals surface area contributed by atoms with Gasteiger partial charge >= 0.3 is 5.97 Å². The number of rotatable bonds is 4. The van der Waals surface area contributed by atoms with E-state index in [1.165, 1.54) is 13.2 Å². The maximum absolute atomic E-state index is 13.6. The highest BCUT2D eigenvalue weighted by Gasteiger charge is 2.16. The molecule has 0 aliphatic heterocycles. The summed E-state index contributed by atoms with van der Waals surface area (Å²) in [6.07, 6.45) is 0.583. The summed E-state index contributed by atoms with van der Waals surface area (Å²) in [6.45, 7) is 1.92. The number of benzene rings is 1. The summed E-state index contributed by atoms with van der Waals surface area (Å²) in [5.74, 6) is -1.25. The normalized spacial score (nSPS) is 10.8. The van der Waals surface area contributed by atoms with Gasteiger partial charge in [-0.2, -0.15) is 0 Å². The van der Waals surface area contributed by atoms with Gasteiger partial charge < -0.3 is 14.8 Å². The van der Waals surface area contributed by atoms with Crippen LogP contribution in [0.3, 0.4) is 0 Å². The number of H-pyrrole nitrogens is 1. The van der Waals surface area contributed by atoms with E-state index in [2.05, 4.69) is 4.98 Å². The van der Waals surface area contributed by atoms with Crippen LogP contribution in [-0.4, -0.2) is 23.2 Å². The number of aliphatic carboxylic acids is 1. The van der Waals surface area contributed by atoms with Crippen LogP contribution in [0.25, 0.3) is 10.9 Å².